The van der Waals surface area contributed by atoms with Crippen LogP contribution in [0.25, 0.3) is 0 Å². The second-order valence-electron chi connectivity index (χ2n) is 7.12. The minimum absolute atomic E-state index is 0.154. The van der Waals surface area contributed by atoms with Gasteiger partial charge in [0.2, 0.25) is 10.0 Å². The quantitative estimate of drug-likeness (QED) is 0.697. The summed E-state index contributed by atoms with van der Waals surface area (Å²) < 4.78 is 44.9. The Hall–Kier alpha value is -1.97. The van der Waals surface area contributed by atoms with Gasteiger partial charge in [-0.25, -0.2) is 8.42 Å². The Morgan fingerprint density at radius 3 is 1.89 bits per heavy atom. The SMILES string of the molecule is CC(=O)OC1C2CC3C(OC(C)=O)C(CC1N3S(=O)(=O)c1ccccc1)O2. The largest absolute Gasteiger partial charge is 0.458 e. The average molecular weight is 395 g/mol. The number of esters is 2. The molecule has 146 valence electrons. The van der Waals surface area contributed by atoms with Crippen molar-refractivity contribution in [3.63, 3.8) is 0 Å². The molecule has 8 nitrogen and oxygen atoms in total. The smallest absolute Gasteiger partial charge is 0.303 e. The van der Waals surface area contributed by atoms with Crippen LogP contribution in [0.3, 0.4) is 0 Å². The van der Waals surface area contributed by atoms with Crippen LogP contribution in [0.5, 0.6) is 0 Å². The van der Waals surface area contributed by atoms with E-state index >= 15 is 0 Å². The normalized spacial score (nSPS) is 35.0. The number of nitrogens with zero attached hydrogens (tertiary/aromatic N) is 1. The van der Waals surface area contributed by atoms with E-state index in [4.69, 9.17) is 14.2 Å². The van der Waals surface area contributed by atoms with Crippen molar-refractivity contribution in [2.75, 3.05) is 0 Å². The number of benzene rings is 1. The molecular formula is C18H21NO7S. The molecule has 6 atom stereocenters. The molecule has 4 aliphatic rings. The zero-order valence-electron chi connectivity index (χ0n) is 15.0. The number of carbonyl (C=O) groups is 2. The first-order valence-corrected chi connectivity index (χ1v) is 10.3. The lowest BCUT2D eigenvalue weighted by molar-refractivity contribution is -0.265. The lowest BCUT2D eigenvalue weighted by Gasteiger charge is -2.60. The van der Waals surface area contributed by atoms with Gasteiger partial charge in [-0.1, -0.05) is 18.2 Å². The molecule has 0 spiro atoms. The molecule has 27 heavy (non-hydrogen) atoms. The highest BCUT2D eigenvalue weighted by atomic mass is 32.2. The Balaban J connectivity index is 1.75. The van der Waals surface area contributed by atoms with Gasteiger partial charge in [0.15, 0.2) is 0 Å². The summed E-state index contributed by atoms with van der Waals surface area (Å²) in [5.41, 5.74) is 0. The molecule has 0 amide bonds. The second-order valence-corrected chi connectivity index (χ2v) is 8.96. The fraction of sp³-hybridized carbons (Fsp3) is 0.556. The van der Waals surface area contributed by atoms with Crippen molar-refractivity contribution >= 4 is 22.0 Å². The maximum absolute atomic E-state index is 13.4. The standard InChI is InChI=1S/C18H21NO7S/c1-10(20)24-17-13-8-16-18(25-11(2)21)14(9-15(17)26-16)19(13)27(22,23)12-6-4-3-5-7-12/h3-7,13-18H,8-9H2,1-2H3. The minimum Gasteiger partial charge on any atom is -0.458 e. The molecule has 4 fully saturated rings. The van der Waals surface area contributed by atoms with Crippen molar-refractivity contribution in [2.24, 2.45) is 0 Å². The van der Waals surface area contributed by atoms with E-state index in [-0.39, 0.29) is 4.90 Å². The number of hydrogen-bond donors (Lipinski definition) is 0. The van der Waals surface area contributed by atoms with Crippen molar-refractivity contribution in [3.8, 4) is 0 Å². The molecule has 4 heterocycles. The molecule has 1 aromatic rings. The summed E-state index contributed by atoms with van der Waals surface area (Å²) >= 11 is 0. The Kier molecular flexibility index (Phi) is 4.48. The minimum atomic E-state index is -3.87. The first-order valence-electron chi connectivity index (χ1n) is 8.87. The fourth-order valence-corrected chi connectivity index (χ4v) is 6.37. The third-order valence-electron chi connectivity index (χ3n) is 5.36. The number of piperidine rings is 2. The zero-order chi connectivity index (χ0) is 19.3. The van der Waals surface area contributed by atoms with E-state index in [1.807, 2.05) is 0 Å². The van der Waals surface area contributed by atoms with Gasteiger partial charge >= 0.3 is 11.9 Å². The van der Waals surface area contributed by atoms with E-state index in [2.05, 4.69) is 0 Å². The Bertz CT molecular complexity index is 820. The van der Waals surface area contributed by atoms with Crippen molar-refractivity contribution in [2.45, 2.75) is 68.1 Å². The summed E-state index contributed by atoms with van der Waals surface area (Å²) in [4.78, 5) is 23.3. The van der Waals surface area contributed by atoms with E-state index in [9.17, 15) is 18.0 Å². The van der Waals surface area contributed by atoms with Gasteiger partial charge in [0, 0.05) is 13.8 Å². The van der Waals surface area contributed by atoms with E-state index in [1.54, 1.807) is 18.2 Å². The third-order valence-corrected chi connectivity index (χ3v) is 7.33. The molecule has 4 saturated heterocycles. The summed E-state index contributed by atoms with van der Waals surface area (Å²) in [6.45, 7) is 2.59. The summed E-state index contributed by atoms with van der Waals surface area (Å²) in [6.07, 6.45) is -1.56. The van der Waals surface area contributed by atoms with Gasteiger partial charge in [0.05, 0.1) is 29.2 Å². The third kappa shape index (κ3) is 3.03. The van der Waals surface area contributed by atoms with Gasteiger partial charge in [-0.2, -0.15) is 4.31 Å². The highest BCUT2D eigenvalue weighted by Crippen LogP contribution is 2.47. The summed E-state index contributed by atoms with van der Waals surface area (Å²) in [5.74, 6) is -0.964. The van der Waals surface area contributed by atoms with Gasteiger partial charge in [-0.15, -0.1) is 0 Å². The molecule has 9 heteroatoms. The van der Waals surface area contributed by atoms with E-state index < -0.39 is 58.5 Å². The van der Waals surface area contributed by atoms with E-state index in [0.29, 0.717) is 12.8 Å². The lowest BCUT2D eigenvalue weighted by atomic mass is 9.76. The Labute approximate surface area is 157 Å². The summed E-state index contributed by atoms with van der Waals surface area (Å²) in [7, 11) is -3.87. The molecule has 0 N–H and O–H groups in total. The van der Waals surface area contributed by atoms with Gasteiger partial charge in [0.25, 0.3) is 0 Å². The van der Waals surface area contributed by atoms with Gasteiger partial charge in [0.1, 0.15) is 12.2 Å². The van der Waals surface area contributed by atoms with Crippen LogP contribution in [-0.2, 0) is 33.8 Å². The van der Waals surface area contributed by atoms with Crippen LogP contribution >= 0.6 is 0 Å². The lowest BCUT2D eigenvalue weighted by Crippen LogP contribution is -2.76. The average Bonchev–Trinajstić information content (AvgIpc) is 2.59. The number of ether oxygens (including phenoxy) is 3. The first kappa shape index (κ1) is 18.4. The predicted molar refractivity (Wildman–Crippen MR) is 92.0 cm³/mol. The molecule has 4 aliphatic heterocycles. The van der Waals surface area contributed by atoms with Crippen LogP contribution in [0.4, 0.5) is 0 Å². The molecule has 0 saturated carbocycles. The number of hydrogen-bond acceptors (Lipinski definition) is 7. The van der Waals surface area contributed by atoms with Gasteiger partial charge < -0.3 is 14.2 Å². The second kappa shape index (κ2) is 6.57. The van der Waals surface area contributed by atoms with Crippen LogP contribution in [0.1, 0.15) is 26.7 Å². The number of sulfonamides is 1. The Morgan fingerprint density at radius 2 is 1.44 bits per heavy atom. The highest BCUT2D eigenvalue weighted by molar-refractivity contribution is 7.89. The number of carbonyl (C=O) groups excluding carboxylic acids is 2. The zero-order valence-corrected chi connectivity index (χ0v) is 15.8. The fourth-order valence-electron chi connectivity index (χ4n) is 4.50. The molecule has 5 rings (SSSR count). The molecular weight excluding hydrogens is 374 g/mol. The van der Waals surface area contributed by atoms with Crippen LogP contribution in [0, 0.1) is 0 Å². The molecule has 6 unspecified atom stereocenters. The van der Waals surface area contributed by atoms with Crippen LogP contribution in [0.2, 0.25) is 0 Å². The van der Waals surface area contributed by atoms with Crippen molar-refractivity contribution < 1.29 is 32.2 Å². The molecule has 1 aromatic carbocycles. The topological polar surface area (TPSA) is 99.2 Å². The molecule has 0 radical (unpaired) electrons. The highest BCUT2D eigenvalue weighted by Gasteiger charge is 2.63. The van der Waals surface area contributed by atoms with E-state index in [1.165, 1.54) is 30.3 Å². The predicted octanol–water partition coefficient (Wildman–Crippen LogP) is 0.853. The van der Waals surface area contributed by atoms with Crippen LogP contribution < -0.4 is 0 Å². The summed E-state index contributed by atoms with van der Waals surface area (Å²) in [5, 5.41) is 0. The Morgan fingerprint density at radius 1 is 0.963 bits per heavy atom. The van der Waals surface area contributed by atoms with Gasteiger partial charge in [-0.3, -0.25) is 9.59 Å². The van der Waals surface area contributed by atoms with Crippen molar-refractivity contribution in [1.29, 1.82) is 0 Å². The summed E-state index contributed by atoms with van der Waals surface area (Å²) in [6, 6.07) is 7.00. The number of rotatable bonds is 4. The maximum atomic E-state index is 13.4. The first-order chi connectivity index (χ1) is 12.8. The molecule has 0 aromatic heterocycles. The van der Waals surface area contributed by atoms with Crippen molar-refractivity contribution in [3.05, 3.63) is 30.3 Å². The maximum Gasteiger partial charge on any atom is 0.303 e. The van der Waals surface area contributed by atoms with Gasteiger partial charge in [-0.05, 0) is 25.0 Å². The van der Waals surface area contributed by atoms with Crippen LogP contribution in [-0.4, -0.2) is 61.2 Å². The van der Waals surface area contributed by atoms with Crippen molar-refractivity contribution in [1.82, 2.24) is 4.31 Å². The molecule has 0 aliphatic carbocycles. The van der Waals surface area contributed by atoms with Crippen LogP contribution in [0.15, 0.2) is 35.2 Å². The monoisotopic (exact) mass is 395 g/mol. The van der Waals surface area contributed by atoms with E-state index in [0.717, 1.165) is 0 Å². The molecule has 4 bridgehead atoms.